The molecule has 0 unspecified atom stereocenters. The van der Waals surface area contributed by atoms with Gasteiger partial charge in [-0.2, -0.15) is 0 Å². The van der Waals surface area contributed by atoms with E-state index in [4.69, 9.17) is 9.47 Å². The zero-order chi connectivity index (χ0) is 14.6. The summed E-state index contributed by atoms with van der Waals surface area (Å²) >= 11 is 0. The van der Waals surface area contributed by atoms with E-state index in [2.05, 4.69) is 0 Å². The first-order valence-electron chi connectivity index (χ1n) is 6.36. The third-order valence-electron chi connectivity index (χ3n) is 2.42. The van der Waals surface area contributed by atoms with Gasteiger partial charge in [-0.3, -0.25) is 4.90 Å². The molecule has 1 aliphatic heterocycles. The Hall–Kier alpha value is -1.72. The number of aliphatic hydroxyl groups is 1. The van der Waals surface area contributed by atoms with Crippen molar-refractivity contribution in [1.82, 2.24) is 4.90 Å². The maximum atomic E-state index is 12.0. The highest BCUT2D eigenvalue weighted by molar-refractivity contribution is 5.93. The highest BCUT2D eigenvalue weighted by Crippen LogP contribution is 2.24. The zero-order valence-corrected chi connectivity index (χ0v) is 11.9. The molecule has 0 aromatic heterocycles. The number of esters is 1. The van der Waals surface area contributed by atoms with Gasteiger partial charge < -0.3 is 14.6 Å². The van der Waals surface area contributed by atoms with Crippen LogP contribution in [-0.4, -0.2) is 40.8 Å². The van der Waals surface area contributed by atoms with Gasteiger partial charge in [0.15, 0.2) is 5.70 Å². The van der Waals surface area contributed by atoms with Gasteiger partial charge in [-0.05, 0) is 34.1 Å². The lowest BCUT2D eigenvalue weighted by molar-refractivity contribution is -0.141. The number of allylic oxidation sites excluding steroid dienone is 1. The first-order chi connectivity index (χ1) is 8.76. The molecule has 19 heavy (non-hydrogen) atoms. The molecule has 0 saturated heterocycles. The van der Waals surface area contributed by atoms with E-state index in [1.54, 1.807) is 27.7 Å². The normalized spacial score (nSPS) is 16.3. The number of aliphatic hydroxyl groups excluding tert-OH is 1. The van der Waals surface area contributed by atoms with Gasteiger partial charge in [-0.15, -0.1) is 0 Å². The molecule has 1 amide bonds. The Morgan fingerprint density at radius 1 is 1.37 bits per heavy atom. The quantitative estimate of drug-likeness (QED) is 0.780. The molecule has 1 N–H and O–H groups in total. The van der Waals surface area contributed by atoms with Gasteiger partial charge in [0, 0.05) is 13.0 Å². The predicted molar refractivity (Wildman–Crippen MR) is 68.5 cm³/mol. The van der Waals surface area contributed by atoms with Crippen LogP contribution < -0.4 is 0 Å². The van der Waals surface area contributed by atoms with Crippen LogP contribution >= 0.6 is 0 Å². The molecule has 0 aliphatic carbocycles. The Kier molecular flexibility index (Phi) is 4.80. The van der Waals surface area contributed by atoms with Gasteiger partial charge in [-0.1, -0.05) is 0 Å². The minimum atomic E-state index is -0.703. The average Bonchev–Trinajstić information content (AvgIpc) is 2.26. The molecule has 0 spiro atoms. The fraction of sp³-hybridized carbons (Fsp3) is 0.692. The smallest absolute Gasteiger partial charge is 0.415 e. The largest absolute Gasteiger partial charge is 0.510 e. The summed E-state index contributed by atoms with van der Waals surface area (Å²) in [5.74, 6) is -0.832. The lowest BCUT2D eigenvalue weighted by Gasteiger charge is -2.30. The molecule has 0 fully saturated rings. The van der Waals surface area contributed by atoms with E-state index in [9.17, 15) is 14.7 Å². The third-order valence-corrected chi connectivity index (χ3v) is 2.42. The average molecular weight is 271 g/mol. The van der Waals surface area contributed by atoms with Crippen molar-refractivity contribution in [3.8, 4) is 0 Å². The van der Waals surface area contributed by atoms with Gasteiger partial charge in [0.25, 0.3) is 0 Å². The zero-order valence-electron chi connectivity index (χ0n) is 11.9. The van der Waals surface area contributed by atoms with Crippen LogP contribution in [0.1, 0.15) is 40.5 Å². The third kappa shape index (κ3) is 4.15. The second-order valence-corrected chi connectivity index (χ2v) is 5.25. The lowest BCUT2D eigenvalue weighted by atomic mass is 10.1. The van der Waals surface area contributed by atoms with Gasteiger partial charge in [-0.25, -0.2) is 9.59 Å². The van der Waals surface area contributed by atoms with Crippen LogP contribution in [0.25, 0.3) is 0 Å². The molecule has 108 valence electrons. The number of nitrogens with zero attached hydrogens (tertiary/aromatic N) is 1. The Morgan fingerprint density at radius 3 is 2.53 bits per heavy atom. The van der Waals surface area contributed by atoms with Crippen molar-refractivity contribution < 1.29 is 24.2 Å². The molecule has 0 saturated carbocycles. The van der Waals surface area contributed by atoms with E-state index >= 15 is 0 Å². The summed E-state index contributed by atoms with van der Waals surface area (Å²) in [5, 5.41) is 9.81. The van der Waals surface area contributed by atoms with Crippen LogP contribution in [0.3, 0.4) is 0 Å². The maximum Gasteiger partial charge on any atom is 0.415 e. The van der Waals surface area contributed by atoms with E-state index in [1.807, 2.05) is 0 Å². The van der Waals surface area contributed by atoms with Crippen LogP contribution in [0.5, 0.6) is 0 Å². The maximum absolute atomic E-state index is 12.0. The fourth-order valence-corrected chi connectivity index (χ4v) is 1.72. The molecule has 1 heterocycles. The lowest BCUT2D eigenvalue weighted by Crippen LogP contribution is -2.41. The second-order valence-electron chi connectivity index (χ2n) is 5.25. The van der Waals surface area contributed by atoms with Crippen LogP contribution in [-0.2, 0) is 14.3 Å². The molecule has 1 rings (SSSR count). The first kappa shape index (κ1) is 15.3. The molecule has 6 heteroatoms. The minimum absolute atomic E-state index is 0.109. The van der Waals surface area contributed by atoms with Crippen molar-refractivity contribution >= 4 is 12.1 Å². The van der Waals surface area contributed by atoms with Crippen molar-refractivity contribution in [1.29, 1.82) is 0 Å². The number of hydrogen-bond donors (Lipinski definition) is 1. The Morgan fingerprint density at radius 2 is 2.00 bits per heavy atom. The number of rotatable bonds is 2. The van der Waals surface area contributed by atoms with E-state index in [-0.39, 0.29) is 18.1 Å². The predicted octanol–water partition coefficient (Wildman–Crippen LogP) is 2.35. The van der Waals surface area contributed by atoms with E-state index in [1.165, 1.54) is 0 Å². The van der Waals surface area contributed by atoms with Crippen LogP contribution in [0.15, 0.2) is 11.5 Å². The molecule has 0 radical (unpaired) electrons. The van der Waals surface area contributed by atoms with E-state index < -0.39 is 17.7 Å². The Balaban J connectivity index is 2.94. The molecular formula is C13H21NO5. The van der Waals surface area contributed by atoms with Crippen LogP contribution in [0.4, 0.5) is 4.79 Å². The van der Waals surface area contributed by atoms with Crippen molar-refractivity contribution in [2.75, 3.05) is 13.2 Å². The molecule has 0 atom stereocenters. The number of ether oxygens (including phenoxy) is 2. The SMILES string of the molecule is CCOC(=O)C1=C(O)CCCN1C(=O)OC(C)(C)C. The molecular weight excluding hydrogens is 250 g/mol. The first-order valence-corrected chi connectivity index (χ1v) is 6.36. The van der Waals surface area contributed by atoms with Gasteiger partial charge in [0.1, 0.15) is 11.4 Å². The summed E-state index contributed by atoms with van der Waals surface area (Å²) in [6.07, 6.45) is 0.281. The van der Waals surface area contributed by atoms with Crippen molar-refractivity contribution in [2.45, 2.75) is 46.1 Å². The summed E-state index contributed by atoms with van der Waals surface area (Å²) in [6, 6.07) is 0. The van der Waals surface area contributed by atoms with Gasteiger partial charge >= 0.3 is 12.1 Å². The number of hydrogen-bond acceptors (Lipinski definition) is 5. The monoisotopic (exact) mass is 271 g/mol. The highest BCUT2D eigenvalue weighted by Gasteiger charge is 2.34. The number of amides is 1. The molecule has 6 nitrogen and oxygen atoms in total. The number of carbonyl (C=O) groups excluding carboxylic acids is 2. The van der Waals surface area contributed by atoms with Crippen LogP contribution in [0.2, 0.25) is 0 Å². The minimum Gasteiger partial charge on any atom is -0.510 e. The Labute approximate surface area is 113 Å². The summed E-state index contributed by atoms with van der Waals surface area (Å²) in [6.45, 7) is 7.38. The standard InChI is InChI=1S/C13H21NO5/c1-5-18-11(16)10-9(15)7-6-8-14(10)12(17)19-13(2,3)4/h15H,5-8H2,1-4H3. The second kappa shape index (κ2) is 5.95. The van der Waals surface area contributed by atoms with Crippen molar-refractivity contribution in [3.05, 3.63) is 11.5 Å². The van der Waals surface area contributed by atoms with E-state index in [0.717, 1.165) is 4.90 Å². The number of carbonyl (C=O) groups is 2. The van der Waals surface area contributed by atoms with Gasteiger partial charge in [0.05, 0.1) is 6.61 Å². The van der Waals surface area contributed by atoms with Crippen LogP contribution in [0, 0.1) is 0 Å². The summed E-state index contributed by atoms with van der Waals surface area (Å²) in [7, 11) is 0. The topological polar surface area (TPSA) is 76.1 Å². The Bertz CT molecular complexity index is 394. The summed E-state index contributed by atoms with van der Waals surface area (Å²) in [4.78, 5) is 25.0. The molecule has 0 aromatic carbocycles. The molecule has 0 bridgehead atoms. The molecule has 0 aromatic rings. The molecule has 1 aliphatic rings. The summed E-state index contributed by atoms with van der Waals surface area (Å²) in [5.41, 5.74) is -0.772. The highest BCUT2D eigenvalue weighted by atomic mass is 16.6. The van der Waals surface area contributed by atoms with Gasteiger partial charge in [0.2, 0.25) is 0 Å². The fourth-order valence-electron chi connectivity index (χ4n) is 1.72. The van der Waals surface area contributed by atoms with Crippen molar-refractivity contribution in [2.24, 2.45) is 0 Å². The van der Waals surface area contributed by atoms with E-state index in [0.29, 0.717) is 19.4 Å². The van der Waals surface area contributed by atoms with Crippen molar-refractivity contribution in [3.63, 3.8) is 0 Å². The summed E-state index contributed by atoms with van der Waals surface area (Å²) < 4.78 is 10.1.